The van der Waals surface area contributed by atoms with E-state index in [4.69, 9.17) is 14.2 Å². The summed E-state index contributed by atoms with van der Waals surface area (Å²) >= 11 is 0. The van der Waals surface area contributed by atoms with Crippen LogP contribution in [0.25, 0.3) is 5.76 Å². The van der Waals surface area contributed by atoms with Crippen LogP contribution in [0.5, 0.6) is 17.2 Å². The van der Waals surface area contributed by atoms with Crippen LogP contribution >= 0.6 is 0 Å². The number of carbonyl (C=O) groups excluding carboxylic acids is 2. The lowest BCUT2D eigenvalue weighted by molar-refractivity contribution is -0.140. The van der Waals surface area contributed by atoms with Crippen LogP contribution in [0.2, 0.25) is 0 Å². The van der Waals surface area contributed by atoms with E-state index >= 15 is 0 Å². The number of nitrogens with zero attached hydrogens (tertiary/aromatic N) is 2. The third-order valence-electron chi connectivity index (χ3n) is 6.17. The number of likely N-dealkylation sites (tertiary alicyclic amines) is 1. The van der Waals surface area contributed by atoms with Crippen molar-refractivity contribution in [3.8, 4) is 17.2 Å². The van der Waals surface area contributed by atoms with E-state index in [9.17, 15) is 14.7 Å². The number of hydrogen-bond donors (Lipinski definition) is 1. The normalized spacial score (nSPS) is 16.8. The van der Waals surface area contributed by atoms with E-state index in [1.165, 1.54) is 19.1 Å². The fourth-order valence-corrected chi connectivity index (χ4v) is 4.50. The van der Waals surface area contributed by atoms with Crippen LogP contribution in [-0.4, -0.2) is 47.0 Å². The van der Waals surface area contributed by atoms with Crippen molar-refractivity contribution in [2.75, 3.05) is 14.2 Å². The summed E-state index contributed by atoms with van der Waals surface area (Å²) < 4.78 is 16.8. The number of pyridine rings is 1. The minimum absolute atomic E-state index is 0.0165. The zero-order chi connectivity index (χ0) is 26.7. The van der Waals surface area contributed by atoms with Crippen LogP contribution in [0.1, 0.15) is 42.1 Å². The molecule has 8 heteroatoms. The summed E-state index contributed by atoms with van der Waals surface area (Å²) in [6.07, 6.45) is 3.25. The predicted molar refractivity (Wildman–Crippen MR) is 139 cm³/mol. The number of aryl methyl sites for hydroxylation is 1. The fraction of sp³-hybridized carbons (Fsp3) is 0.276. The van der Waals surface area contributed by atoms with Crippen molar-refractivity contribution in [1.29, 1.82) is 0 Å². The van der Waals surface area contributed by atoms with E-state index in [1.54, 1.807) is 54.9 Å². The summed E-state index contributed by atoms with van der Waals surface area (Å²) in [5.41, 5.74) is 2.36. The zero-order valence-electron chi connectivity index (χ0n) is 21.5. The number of aliphatic hydroxyl groups is 1. The maximum atomic E-state index is 13.5. The van der Waals surface area contributed by atoms with Crippen LogP contribution < -0.4 is 14.2 Å². The van der Waals surface area contributed by atoms with Crippen LogP contribution in [0.15, 0.2) is 66.5 Å². The number of methoxy groups -OCH3 is 2. The van der Waals surface area contributed by atoms with Gasteiger partial charge in [-0.3, -0.25) is 14.6 Å². The number of ether oxygens (including phenoxy) is 3. The highest BCUT2D eigenvalue weighted by Gasteiger charge is 2.47. The molecule has 0 unspecified atom stereocenters. The van der Waals surface area contributed by atoms with Gasteiger partial charge < -0.3 is 24.2 Å². The first-order valence-corrected chi connectivity index (χ1v) is 11.9. The van der Waals surface area contributed by atoms with Crippen LogP contribution in [0.3, 0.4) is 0 Å². The van der Waals surface area contributed by atoms with Gasteiger partial charge in [-0.1, -0.05) is 6.07 Å². The SMILES string of the molecule is COc1ccc(OC)c([C@H]2/C(=C(\O)c3ccc(OC(C)C)cc3C)C(=O)C(=O)N2Cc2cccnc2)c1. The largest absolute Gasteiger partial charge is 0.507 e. The first kappa shape index (κ1) is 25.8. The minimum Gasteiger partial charge on any atom is -0.507 e. The molecular weight excluding hydrogens is 472 g/mol. The topological polar surface area (TPSA) is 98.2 Å². The highest BCUT2D eigenvalue weighted by Crippen LogP contribution is 2.45. The highest BCUT2D eigenvalue weighted by atomic mass is 16.5. The molecule has 0 bridgehead atoms. The Morgan fingerprint density at radius 1 is 1.05 bits per heavy atom. The molecule has 0 spiro atoms. The number of benzene rings is 2. The first-order chi connectivity index (χ1) is 17.7. The molecule has 3 aromatic rings. The Morgan fingerprint density at radius 3 is 2.43 bits per heavy atom. The van der Waals surface area contributed by atoms with Gasteiger partial charge in [-0.05, 0) is 74.4 Å². The monoisotopic (exact) mass is 502 g/mol. The minimum atomic E-state index is -0.920. The molecule has 1 aliphatic rings. The Labute approximate surface area is 216 Å². The fourth-order valence-electron chi connectivity index (χ4n) is 4.50. The third-order valence-corrected chi connectivity index (χ3v) is 6.17. The van der Waals surface area contributed by atoms with Gasteiger partial charge in [0.2, 0.25) is 0 Å². The van der Waals surface area contributed by atoms with E-state index in [1.807, 2.05) is 26.8 Å². The average molecular weight is 503 g/mol. The molecule has 1 saturated heterocycles. The highest BCUT2D eigenvalue weighted by molar-refractivity contribution is 6.46. The molecule has 4 rings (SSSR count). The first-order valence-electron chi connectivity index (χ1n) is 11.9. The predicted octanol–water partition coefficient (Wildman–Crippen LogP) is 4.82. The molecule has 1 aromatic heterocycles. The molecule has 1 atom stereocenters. The maximum Gasteiger partial charge on any atom is 0.295 e. The van der Waals surface area contributed by atoms with Gasteiger partial charge in [-0.25, -0.2) is 0 Å². The van der Waals surface area contributed by atoms with Crippen molar-refractivity contribution in [3.63, 3.8) is 0 Å². The van der Waals surface area contributed by atoms with E-state index in [0.717, 1.165) is 5.56 Å². The molecule has 37 heavy (non-hydrogen) atoms. The van der Waals surface area contributed by atoms with Gasteiger partial charge in [0.25, 0.3) is 11.7 Å². The van der Waals surface area contributed by atoms with Gasteiger partial charge in [-0.15, -0.1) is 0 Å². The molecule has 192 valence electrons. The second kappa shape index (κ2) is 10.7. The molecule has 0 aliphatic carbocycles. The lowest BCUT2D eigenvalue weighted by Crippen LogP contribution is -2.29. The Kier molecular flexibility index (Phi) is 7.47. The number of aromatic nitrogens is 1. The van der Waals surface area contributed by atoms with Gasteiger partial charge in [0.05, 0.1) is 31.9 Å². The molecule has 2 heterocycles. The van der Waals surface area contributed by atoms with Gasteiger partial charge in [-0.2, -0.15) is 0 Å². The lowest BCUT2D eigenvalue weighted by Gasteiger charge is -2.27. The summed E-state index contributed by atoms with van der Waals surface area (Å²) in [5.74, 6) is -0.153. The van der Waals surface area contributed by atoms with Crippen molar-refractivity contribution in [1.82, 2.24) is 9.88 Å². The molecule has 0 saturated carbocycles. The summed E-state index contributed by atoms with van der Waals surface area (Å²) in [6, 6.07) is 13.0. The zero-order valence-corrected chi connectivity index (χ0v) is 21.5. The Morgan fingerprint density at radius 2 is 1.81 bits per heavy atom. The molecule has 2 aromatic carbocycles. The van der Waals surface area contributed by atoms with Crippen LogP contribution in [0.4, 0.5) is 0 Å². The second-order valence-corrected chi connectivity index (χ2v) is 9.04. The van der Waals surface area contributed by atoms with Crippen molar-refractivity contribution in [2.45, 2.75) is 39.5 Å². The van der Waals surface area contributed by atoms with Crippen LogP contribution in [0, 0.1) is 6.92 Å². The summed E-state index contributed by atoms with van der Waals surface area (Å²) in [7, 11) is 3.04. The van der Waals surface area contributed by atoms with Gasteiger partial charge in [0.15, 0.2) is 0 Å². The number of hydrogen-bond acceptors (Lipinski definition) is 7. The Balaban J connectivity index is 1.91. The number of aliphatic hydroxyl groups excluding tert-OH is 1. The summed E-state index contributed by atoms with van der Waals surface area (Å²) in [5, 5.41) is 11.5. The molecule has 1 aliphatic heterocycles. The number of Topliss-reactive ketones (excluding diaryl/α,β-unsaturated/α-hetero) is 1. The van der Waals surface area contributed by atoms with Crippen molar-refractivity contribution in [3.05, 3.63) is 88.8 Å². The quantitative estimate of drug-likeness (QED) is 0.268. The van der Waals surface area contributed by atoms with Gasteiger partial charge in [0.1, 0.15) is 23.0 Å². The molecule has 1 amide bonds. The number of ketones is 1. The number of carbonyl (C=O) groups is 2. The second-order valence-electron chi connectivity index (χ2n) is 9.04. The molecule has 0 radical (unpaired) electrons. The molecule has 1 N–H and O–H groups in total. The van der Waals surface area contributed by atoms with E-state index in [2.05, 4.69) is 4.98 Å². The standard InChI is InChI=1S/C29H30N2O6/c1-17(2)37-21-8-10-22(18(3)13-21)27(32)25-26(23-14-20(35-4)9-11-24(23)36-5)31(29(34)28(25)33)16-19-7-6-12-30-15-19/h6-15,17,26,32H,16H2,1-5H3/b27-25+/t26-/m0/s1. The van der Waals surface area contributed by atoms with Crippen molar-refractivity contribution >= 4 is 17.4 Å². The molecular formula is C29H30N2O6. The van der Waals surface area contributed by atoms with Gasteiger partial charge >= 0.3 is 0 Å². The van der Waals surface area contributed by atoms with E-state index in [0.29, 0.717) is 33.9 Å². The summed E-state index contributed by atoms with van der Waals surface area (Å²) in [4.78, 5) is 32.4. The third kappa shape index (κ3) is 5.14. The van der Waals surface area contributed by atoms with E-state index in [-0.39, 0.29) is 24.0 Å². The number of amides is 1. The van der Waals surface area contributed by atoms with Crippen molar-refractivity contribution in [2.24, 2.45) is 0 Å². The lowest BCUT2D eigenvalue weighted by atomic mass is 9.93. The Hall–Kier alpha value is -4.33. The van der Waals surface area contributed by atoms with Crippen molar-refractivity contribution < 1.29 is 28.9 Å². The van der Waals surface area contributed by atoms with E-state index < -0.39 is 17.7 Å². The van der Waals surface area contributed by atoms with Gasteiger partial charge in [0, 0.05) is 30.1 Å². The maximum absolute atomic E-state index is 13.5. The van der Waals surface area contributed by atoms with Crippen LogP contribution in [-0.2, 0) is 16.1 Å². The Bertz CT molecular complexity index is 1350. The number of rotatable bonds is 8. The average Bonchev–Trinajstić information content (AvgIpc) is 3.13. The summed E-state index contributed by atoms with van der Waals surface area (Å²) in [6.45, 7) is 5.78. The molecule has 8 nitrogen and oxygen atoms in total. The smallest absolute Gasteiger partial charge is 0.295 e. The molecule has 1 fully saturated rings.